The average molecular weight is 271 g/mol. The minimum Gasteiger partial charge on any atom is -0.502 e. The Kier molecular flexibility index (Phi) is 4.37. The highest BCUT2D eigenvalue weighted by molar-refractivity contribution is 9.11. The fourth-order valence-electron chi connectivity index (χ4n) is 1.10. The van der Waals surface area contributed by atoms with Crippen LogP contribution in [0.15, 0.2) is 35.0 Å². The van der Waals surface area contributed by atoms with Crippen LogP contribution in [0.4, 0.5) is 0 Å². The summed E-state index contributed by atoms with van der Waals surface area (Å²) in [5.74, 6) is -0.347. The zero-order valence-corrected chi connectivity index (χ0v) is 9.82. The van der Waals surface area contributed by atoms with E-state index >= 15 is 0 Å². The molecular formula is C11H11BrO3. The zero-order chi connectivity index (χ0) is 11.3. The van der Waals surface area contributed by atoms with Crippen LogP contribution in [0, 0.1) is 0 Å². The van der Waals surface area contributed by atoms with Crippen LogP contribution in [0.2, 0.25) is 0 Å². The topological polar surface area (TPSA) is 46.5 Å². The van der Waals surface area contributed by atoms with Crippen LogP contribution in [0.25, 0.3) is 0 Å². The maximum absolute atomic E-state index is 11.1. The first-order valence-electron chi connectivity index (χ1n) is 4.35. The molecule has 0 amide bonds. The maximum Gasteiger partial charge on any atom is 0.337 e. The summed E-state index contributed by atoms with van der Waals surface area (Å²) in [4.78, 5) is 11.1. The third kappa shape index (κ3) is 3.75. The van der Waals surface area contributed by atoms with E-state index in [0.29, 0.717) is 12.0 Å². The first-order chi connectivity index (χ1) is 7.13. The standard InChI is InChI=1S/C11H11BrO3/c1-15-11(14)9-5-2-8(3-6-9)4-7-10(12)13/h2-3,5-7,13H,4H2,1H3. The number of aliphatic hydroxyl groups is 1. The van der Waals surface area contributed by atoms with Gasteiger partial charge in [0.2, 0.25) is 0 Å². The van der Waals surface area contributed by atoms with Gasteiger partial charge in [-0.05, 0) is 46.1 Å². The van der Waals surface area contributed by atoms with Crippen LogP contribution < -0.4 is 0 Å². The second kappa shape index (κ2) is 5.56. The number of aliphatic hydroxyl groups excluding tert-OH is 1. The third-order valence-corrected chi connectivity index (χ3v) is 2.20. The maximum atomic E-state index is 11.1. The molecule has 0 aromatic heterocycles. The van der Waals surface area contributed by atoms with Gasteiger partial charge in [-0.2, -0.15) is 0 Å². The SMILES string of the molecule is COC(=O)c1ccc(CC=C(O)Br)cc1. The molecule has 4 heteroatoms. The molecule has 1 N–H and O–H groups in total. The number of allylic oxidation sites excluding steroid dienone is 1. The molecule has 1 aromatic carbocycles. The Morgan fingerprint density at radius 2 is 2.07 bits per heavy atom. The lowest BCUT2D eigenvalue weighted by atomic mass is 10.1. The van der Waals surface area contributed by atoms with Crippen molar-refractivity contribution in [2.24, 2.45) is 0 Å². The van der Waals surface area contributed by atoms with Crippen molar-refractivity contribution in [2.75, 3.05) is 7.11 Å². The van der Waals surface area contributed by atoms with Gasteiger partial charge in [0.25, 0.3) is 0 Å². The molecular weight excluding hydrogens is 260 g/mol. The van der Waals surface area contributed by atoms with E-state index in [4.69, 9.17) is 5.11 Å². The van der Waals surface area contributed by atoms with Crippen LogP contribution in [0.5, 0.6) is 0 Å². The quantitative estimate of drug-likeness (QED) is 0.679. The van der Waals surface area contributed by atoms with E-state index in [2.05, 4.69) is 20.7 Å². The fraction of sp³-hybridized carbons (Fsp3) is 0.182. The lowest BCUT2D eigenvalue weighted by molar-refractivity contribution is 0.0600. The number of carbonyl (C=O) groups excluding carboxylic acids is 1. The van der Waals surface area contributed by atoms with E-state index in [0.717, 1.165) is 5.56 Å². The van der Waals surface area contributed by atoms with Gasteiger partial charge in [0.1, 0.15) is 0 Å². The number of benzene rings is 1. The summed E-state index contributed by atoms with van der Waals surface area (Å²) in [6.07, 6.45) is 2.24. The Morgan fingerprint density at radius 1 is 1.47 bits per heavy atom. The molecule has 0 atom stereocenters. The summed E-state index contributed by atoms with van der Waals surface area (Å²) in [5, 5.41) is 8.90. The van der Waals surface area contributed by atoms with E-state index in [9.17, 15) is 4.79 Å². The normalized spacial score (nSPS) is 11.2. The van der Waals surface area contributed by atoms with Crippen LogP contribution in [-0.2, 0) is 11.2 Å². The molecule has 0 aliphatic heterocycles. The highest BCUT2D eigenvalue weighted by Crippen LogP contribution is 2.08. The van der Waals surface area contributed by atoms with Crippen molar-refractivity contribution in [3.8, 4) is 0 Å². The monoisotopic (exact) mass is 270 g/mol. The van der Waals surface area contributed by atoms with Crippen molar-refractivity contribution in [3.05, 3.63) is 46.1 Å². The van der Waals surface area contributed by atoms with E-state index < -0.39 is 0 Å². The number of rotatable bonds is 3. The first kappa shape index (κ1) is 11.8. The molecule has 0 aliphatic rings. The number of hydrogen-bond acceptors (Lipinski definition) is 3. The molecule has 0 saturated carbocycles. The summed E-state index contributed by atoms with van der Waals surface area (Å²) in [5.41, 5.74) is 1.53. The summed E-state index contributed by atoms with van der Waals surface area (Å²) in [6, 6.07) is 7.03. The Hall–Kier alpha value is -1.29. The van der Waals surface area contributed by atoms with Gasteiger partial charge >= 0.3 is 5.97 Å². The Morgan fingerprint density at radius 3 is 2.53 bits per heavy atom. The lowest BCUT2D eigenvalue weighted by Crippen LogP contribution is -2.00. The summed E-state index contributed by atoms with van der Waals surface area (Å²) >= 11 is 2.92. The highest BCUT2D eigenvalue weighted by Gasteiger charge is 2.03. The molecule has 1 rings (SSSR count). The predicted molar refractivity (Wildman–Crippen MR) is 61.1 cm³/mol. The van der Waals surface area contributed by atoms with E-state index in [1.807, 2.05) is 12.1 Å². The molecule has 0 unspecified atom stereocenters. The second-order valence-corrected chi connectivity index (χ2v) is 3.73. The van der Waals surface area contributed by atoms with Gasteiger partial charge in [0.15, 0.2) is 4.67 Å². The van der Waals surface area contributed by atoms with Gasteiger partial charge in [0.05, 0.1) is 12.7 Å². The molecule has 0 fully saturated rings. The number of methoxy groups -OCH3 is 1. The largest absolute Gasteiger partial charge is 0.502 e. The van der Waals surface area contributed by atoms with Crippen LogP contribution in [0.1, 0.15) is 15.9 Å². The molecule has 0 bridgehead atoms. The molecule has 0 saturated heterocycles. The van der Waals surface area contributed by atoms with Gasteiger partial charge < -0.3 is 9.84 Å². The Balaban J connectivity index is 2.72. The number of halogens is 1. The number of hydrogen-bond donors (Lipinski definition) is 1. The van der Waals surface area contributed by atoms with Crippen molar-refractivity contribution >= 4 is 21.9 Å². The van der Waals surface area contributed by atoms with Crippen LogP contribution >= 0.6 is 15.9 Å². The minimum atomic E-state index is -0.347. The van der Waals surface area contributed by atoms with E-state index in [-0.39, 0.29) is 10.6 Å². The lowest BCUT2D eigenvalue weighted by Gasteiger charge is -2.00. The zero-order valence-electron chi connectivity index (χ0n) is 8.24. The summed E-state index contributed by atoms with van der Waals surface area (Å²) in [6.45, 7) is 0. The number of ether oxygens (including phenoxy) is 1. The third-order valence-electron chi connectivity index (χ3n) is 1.88. The molecule has 0 aliphatic carbocycles. The van der Waals surface area contributed by atoms with Crippen molar-refractivity contribution in [2.45, 2.75) is 6.42 Å². The molecule has 0 spiro atoms. The van der Waals surface area contributed by atoms with Gasteiger partial charge in [-0.3, -0.25) is 0 Å². The van der Waals surface area contributed by atoms with Gasteiger partial charge in [-0.1, -0.05) is 12.1 Å². The fourth-order valence-corrected chi connectivity index (χ4v) is 1.26. The second-order valence-electron chi connectivity index (χ2n) is 2.92. The minimum absolute atomic E-state index is 0.111. The number of carbonyl (C=O) groups is 1. The Labute approximate surface area is 96.5 Å². The van der Waals surface area contributed by atoms with E-state index in [1.54, 1.807) is 18.2 Å². The number of esters is 1. The first-order valence-corrected chi connectivity index (χ1v) is 5.14. The van der Waals surface area contributed by atoms with E-state index in [1.165, 1.54) is 7.11 Å². The predicted octanol–water partition coefficient (Wildman–Crippen LogP) is 2.81. The van der Waals surface area contributed by atoms with Gasteiger partial charge in [-0.15, -0.1) is 0 Å². The average Bonchev–Trinajstić information content (AvgIpc) is 2.26. The molecule has 0 heterocycles. The van der Waals surface area contributed by atoms with Crippen molar-refractivity contribution in [1.82, 2.24) is 0 Å². The van der Waals surface area contributed by atoms with Crippen molar-refractivity contribution in [3.63, 3.8) is 0 Å². The molecule has 15 heavy (non-hydrogen) atoms. The molecule has 80 valence electrons. The molecule has 3 nitrogen and oxygen atoms in total. The molecule has 0 radical (unpaired) electrons. The summed E-state index contributed by atoms with van der Waals surface area (Å²) < 4.78 is 4.69. The van der Waals surface area contributed by atoms with Crippen LogP contribution in [0.3, 0.4) is 0 Å². The smallest absolute Gasteiger partial charge is 0.337 e. The summed E-state index contributed by atoms with van der Waals surface area (Å²) in [7, 11) is 1.35. The van der Waals surface area contributed by atoms with Crippen molar-refractivity contribution < 1.29 is 14.6 Å². The Bertz CT molecular complexity index is 364. The van der Waals surface area contributed by atoms with Crippen LogP contribution in [-0.4, -0.2) is 18.2 Å². The van der Waals surface area contributed by atoms with Gasteiger partial charge in [-0.25, -0.2) is 4.79 Å². The van der Waals surface area contributed by atoms with Crippen molar-refractivity contribution in [1.29, 1.82) is 0 Å². The molecule has 1 aromatic rings. The highest BCUT2D eigenvalue weighted by atomic mass is 79.9. The van der Waals surface area contributed by atoms with Gasteiger partial charge in [0, 0.05) is 0 Å².